The number of aromatic nitrogens is 2. The first kappa shape index (κ1) is 24.1. The molecule has 5 nitrogen and oxygen atoms in total. The quantitative estimate of drug-likeness (QED) is 0.545. The van der Waals surface area contributed by atoms with E-state index < -0.39 is 28.7 Å². The number of nitrogens with zero attached hydrogens (tertiary/aromatic N) is 1. The molecule has 1 aliphatic heterocycles. The second-order valence-electron chi connectivity index (χ2n) is 7.98. The number of aromatic amines is 1. The Balaban J connectivity index is 0.00000272. The summed E-state index contributed by atoms with van der Waals surface area (Å²) in [4.78, 5) is 19.3. The highest BCUT2D eigenvalue weighted by Crippen LogP contribution is 2.38. The number of rotatable bonds is 5. The molecular weight excluding hydrogens is 456 g/mol. The van der Waals surface area contributed by atoms with Gasteiger partial charge in [0.25, 0.3) is 5.56 Å². The number of thioether (sulfide) groups is 1. The molecule has 1 aromatic heterocycles. The van der Waals surface area contributed by atoms with Gasteiger partial charge in [-0.2, -0.15) is 13.2 Å². The third kappa shape index (κ3) is 5.64. The molecule has 0 bridgehead atoms. The molecule has 4 rings (SSSR count). The van der Waals surface area contributed by atoms with Gasteiger partial charge in [-0.3, -0.25) is 4.79 Å². The fraction of sp³-hybridized carbons (Fsp3) is 0.600. The van der Waals surface area contributed by atoms with Crippen molar-refractivity contribution in [3.63, 3.8) is 0 Å². The topological polar surface area (TPSA) is 69.8 Å². The third-order valence-corrected chi connectivity index (χ3v) is 7.24. The summed E-state index contributed by atoms with van der Waals surface area (Å²) >= 11 is 1.14. The van der Waals surface area contributed by atoms with E-state index >= 15 is 0 Å². The van der Waals surface area contributed by atoms with Gasteiger partial charge in [0.1, 0.15) is 17.0 Å². The molecule has 2 atom stereocenters. The highest BCUT2D eigenvalue weighted by Gasteiger charge is 2.45. The summed E-state index contributed by atoms with van der Waals surface area (Å²) in [6, 6.07) is 3.22. The number of nitrogens with one attached hydrogen (secondary N) is 3. The van der Waals surface area contributed by atoms with Gasteiger partial charge in [-0.25, -0.2) is 9.37 Å². The molecule has 2 aromatic rings. The Bertz CT molecular complexity index is 965. The first-order valence-corrected chi connectivity index (χ1v) is 11.2. The van der Waals surface area contributed by atoms with Crippen LogP contribution < -0.4 is 16.2 Å². The number of H-pyrrole nitrogens is 1. The van der Waals surface area contributed by atoms with Gasteiger partial charge in [0.2, 0.25) is 0 Å². The number of halogens is 5. The van der Waals surface area contributed by atoms with Crippen molar-refractivity contribution in [2.75, 3.05) is 18.4 Å². The fourth-order valence-electron chi connectivity index (χ4n) is 4.28. The third-order valence-electron chi connectivity index (χ3n) is 5.81. The van der Waals surface area contributed by atoms with E-state index in [-0.39, 0.29) is 47.5 Å². The van der Waals surface area contributed by atoms with Gasteiger partial charge in [0.15, 0.2) is 0 Å². The van der Waals surface area contributed by atoms with Crippen molar-refractivity contribution in [2.45, 2.75) is 55.3 Å². The molecule has 3 N–H and O–H groups in total. The average molecular weight is 481 g/mol. The van der Waals surface area contributed by atoms with Crippen LogP contribution in [0.5, 0.6) is 0 Å². The van der Waals surface area contributed by atoms with Crippen LogP contribution >= 0.6 is 24.2 Å². The van der Waals surface area contributed by atoms with E-state index in [0.717, 1.165) is 37.4 Å². The summed E-state index contributed by atoms with van der Waals surface area (Å²) < 4.78 is 54.3. The zero-order valence-corrected chi connectivity index (χ0v) is 18.4. The van der Waals surface area contributed by atoms with Crippen molar-refractivity contribution in [1.82, 2.24) is 15.3 Å². The summed E-state index contributed by atoms with van der Waals surface area (Å²) in [6.45, 7) is 0.414. The van der Waals surface area contributed by atoms with Crippen LogP contribution in [0.2, 0.25) is 0 Å². The van der Waals surface area contributed by atoms with E-state index in [9.17, 15) is 22.4 Å². The number of hydrogen-bond acceptors (Lipinski definition) is 5. The lowest BCUT2D eigenvalue weighted by Crippen LogP contribution is -2.46. The fourth-order valence-corrected chi connectivity index (χ4v) is 5.55. The maximum atomic E-state index is 14.5. The van der Waals surface area contributed by atoms with E-state index in [2.05, 4.69) is 20.6 Å². The summed E-state index contributed by atoms with van der Waals surface area (Å²) in [5.41, 5.74) is 0.171. The lowest BCUT2D eigenvalue weighted by atomic mass is 9.98. The smallest absolute Gasteiger partial charge is 0.382 e. The lowest BCUT2D eigenvalue weighted by molar-refractivity contribution is -0.176. The normalized spacial score (nSPS) is 22.5. The van der Waals surface area contributed by atoms with E-state index in [0.29, 0.717) is 18.7 Å². The van der Waals surface area contributed by atoms with Crippen LogP contribution in [-0.4, -0.2) is 40.5 Å². The standard InChI is InChI=1S/C20H24F4N4OS.ClH/c21-14-7-12(26-11-3-1-2-4-11)8-15-18(14)19(29)28-17(27-15)10-30-16-5-6-25-9-13(16)20(22,23)24;/h7-8,11,13,16,25-26H,1-6,9-10H2,(H,27,28,29);1H/t13-,16-;/m0./s1. The highest BCUT2D eigenvalue weighted by molar-refractivity contribution is 7.99. The van der Waals surface area contributed by atoms with Crippen molar-refractivity contribution >= 4 is 40.8 Å². The molecule has 1 saturated carbocycles. The molecule has 1 saturated heterocycles. The van der Waals surface area contributed by atoms with Crippen molar-refractivity contribution in [2.24, 2.45) is 5.92 Å². The highest BCUT2D eigenvalue weighted by atomic mass is 35.5. The zero-order chi connectivity index (χ0) is 21.3. The van der Waals surface area contributed by atoms with Crippen LogP contribution in [0.4, 0.5) is 23.2 Å². The van der Waals surface area contributed by atoms with Gasteiger partial charge in [0, 0.05) is 23.5 Å². The Morgan fingerprint density at radius 2 is 1.94 bits per heavy atom. The van der Waals surface area contributed by atoms with Crippen molar-refractivity contribution < 1.29 is 17.6 Å². The van der Waals surface area contributed by atoms with Crippen LogP contribution in [0.3, 0.4) is 0 Å². The Labute approximate surface area is 187 Å². The van der Waals surface area contributed by atoms with Crippen molar-refractivity contribution in [3.05, 3.63) is 34.1 Å². The van der Waals surface area contributed by atoms with Gasteiger partial charge in [0.05, 0.1) is 17.2 Å². The first-order chi connectivity index (χ1) is 14.3. The number of hydrogen-bond donors (Lipinski definition) is 3. The minimum absolute atomic E-state index is 0. The number of alkyl halides is 3. The molecule has 0 amide bonds. The summed E-state index contributed by atoms with van der Waals surface area (Å²) in [7, 11) is 0. The second-order valence-corrected chi connectivity index (χ2v) is 9.21. The minimum atomic E-state index is -4.28. The molecule has 1 aromatic carbocycles. The van der Waals surface area contributed by atoms with Crippen LogP contribution in [0.15, 0.2) is 16.9 Å². The summed E-state index contributed by atoms with van der Waals surface area (Å²) in [6.07, 6.45) is 0.392. The maximum absolute atomic E-state index is 14.5. The van der Waals surface area contributed by atoms with Gasteiger partial charge in [-0.15, -0.1) is 24.2 Å². The maximum Gasteiger partial charge on any atom is 0.394 e. The van der Waals surface area contributed by atoms with Crippen molar-refractivity contribution in [3.8, 4) is 0 Å². The lowest BCUT2D eigenvalue weighted by Gasteiger charge is -2.33. The summed E-state index contributed by atoms with van der Waals surface area (Å²) in [5, 5.41) is 5.34. The molecule has 172 valence electrons. The average Bonchev–Trinajstić information content (AvgIpc) is 3.18. The largest absolute Gasteiger partial charge is 0.394 e. The van der Waals surface area contributed by atoms with Crippen LogP contribution in [0.25, 0.3) is 10.9 Å². The monoisotopic (exact) mass is 480 g/mol. The predicted octanol–water partition coefficient (Wildman–Crippen LogP) is 4.61. The molecule has 1 aliphatic carbocycles. The minimum Gasteiger partial charge on any atom is -0.382 e. The molecule has 31 heavy (non-hydrogen) atoms. The van der Waals surface area contributed by atoms with Gasteiger partial charge in [-0.1, -0.05) is 12.8 Å². The van der Waals surface area contributed by atoms with E-state index in [1.54, 1.807) is 6.07 Å². The van der Waals surface area contributed by atoms with Crippen LogP contribution in [-0.2, 0) is 5.75 Å². The molecule has 11 heteroatoms. The van der Waals surface area contributed by atoms with Gasteiger partial charge < -0.3 is 15.6 Å². The van der Waals surface area contributed by atoms with E-state index in [1.807, 2.05) is 0 Å². The first-order valence-electron chi connectivity index (χ1n) is 10.2. The molecule has 2 aliphatic rings. The predicted molar refractivity (Wildman–Crippen MR) is 118 cm³/mol. The summed E-state index contributed by atoms with van der Waals surface area (Å²) in [5.74, 6) is -1.71. The Hall–Kier alpha value is -1.52. The molecule has 2 heterocycles. The molecular formula is C20H25ClF4N4OS. The molecule has 0 unspecified atom stereocenters. The van der Waals surface area contributed by atoms with E-state index in [4.69, 9.17) is 0 Å². The van der Waals surface area contributed by atoms with Crippen LogP contribution in [0.1, 0.15) is 37.9 Å². The van der Waals surface area contributed by atoms with Gasteiger partial charge >= 0.3 is 6.18 Å². The van der Waals surface area contributed by atoms with Crippen LogP contribution in [0, 0.1) is 11.7 Å². The number of piperidine rings is 1. The van der Waals surface area contributed by atoms with E-state index in [1.165, 1.54) is 6.07 Å². The molecule has 0 spiro atoms. The number of anilines is 1. The number of benzene rings is 1. The second kappa shape index (κ2) is 9.95. The molecule has 2 fully saturated rings. The Kier molecular flexibility index (Phi) is 7.75. The molecule has 0 radical (unpaired) electrons. The van der Waals surface area contributed by atoms with Gasteiger partial charge in [-0.05, 0) is 37.9 Å². The van der Waals surface area contributed by atoms with Crippen molar-refractivity contribution in [1.29, 1.82) is 0 Å². The number of fused-ring (bicyclic) bond motifs is 1. The Morgan fingerprint density at radius 3 is 2.65 bits per heavy atom. The SMILES string of the molecule is Cl.O=c1[nH]c(CS[C@H]2CCNC[C@@H]2C(F)(F)F)nc2cc(NC3CCCC3)cc(F)c12. The zero-order valence-electron chi connectivity index (χ0n) is 16.7. The Morgan fingerprint density at radius 1 is 1.19 bits per heavy atom.